The van der Waals surface area contributed by atoms with Crippen molar-refractivity contribution in [3.8, 4) is 22.4 Å². The highest BCUT2D eigenvalue weighted by Crippen LogP contribution is 2.39. The molecule has 1 heterocycles. The fourth-order valence-electron chi connectivity index (χ4n) is 3.74. The van der Waals surface area contributed by atoms with Crippen LogP contribution in [0.4, 0.5) is 0 Å². The fourth-order valence-corrected chi connectivity index (χ4v) is 3.74. The van der Waals surface area contributed by atoms with Crippen LogP contribution in [0.3, 0.4) is 0 Å². The summed E-state index contributed by atoms with van der Waals surface area (Å²) in [5.41, 5.74) is 6.98. The zero-order valence-electron chi connectivity index (χ0n) is 15.1. The van der Waals surface area contributed by atoms with Crippen LogP contribution in [0.2, 0.25) is 0 Å². The molecule has 0 atom stereocenters. The SMILES string of the molecule is CC1(C)CC(=NO)c2cc(-c3ccccc3)c(-c3ccccc3)nc2C1. The number of pyridine rings is 1. The Balaban J connectivity index is 1.99. The third-order valence-corrected chi connectivity index (χ3v) is 4.96. The van der Waals surface area contributed by atoms with Crippen molar-refractivity contribution in [3.05, 3.63) is 78.0 Å². The lowest BCUT2D eigenvalue weighted by Crippen LogP contribution is -2.28. The maximum Gasteiger partial charge on any atom is 0.0891 e. The van der Waals surface area contributed by atoms with Gasteiger partial charge in [0.15, 0.2) is 0 Å². The van der Waals surface area contributed by atoms with Gasteiger partial charge in [0.1, 0.15) is 0 Å². The van der Waals surface area contributed by atoms with Gasteiger partial charge in [0.25, 0.3) is 0 Å². The molecule has 0 aliphatic heterocycles. The summed E-state index contributed by atoms with van der Waals surface area (Å²) in [6, 6.07) is 22.7. The molecule has 1 aromatic heterocycles. The van der Waals surface area contributed by atoms with E-state index >= 15 is 0 Å². The number of oxime groups is 1. The molecule has 3 nitrogen and oxygen atoms in total. The first-order chi connectivity index (χ1) is 12.6. The number of rotatable bonds is 2. The molecular formula is C23H22N2O. The highest BCUT2D eigenvalue weighted by Gasteiger charge is 2.32. The first-order valence-electron chi connectivity index (χ1n) is 8.93. The minimum Gasteiger partial charge on any atom is -0.411 e. The third kappa shape index (κ3) is 3.01. The molecular weight excluding hydrogens is 320 g/mol. The van der Waals surface area contributed by atoms with E-state index in [4.69, 9.17) is 4.98 Å². The number of benzene rings is 2. The second-order valence-electron chi connectivity index (χ2n) is 7.68. The standard InChI is InChI=1S/C23H22N2O/c1-23(2)14-20-19(21(15-23)25-26)13-18(16-9-5-3-6-10-16)22(24-20)17-11-7-4-8-12-17/h3-13,26H,14-15H2,1-2H3. The molecule has 0 unspecified atom stereocenters. The van der Waals surface area contributed by atoms with Crippen molar-refractivity contribution in [1.82, 2.24) is 4.98 Å². The molecule has 1 aliphatic rings. The van der Waals surface area contributed by atoms with Crippen LogP contribution in [-0.2, 0) is 6.42 Å². The number of nitrogens with zero attached hydrogens (tertiary/aromatic N) is 2. The van der Waals surface area contributed by atoms with E-state index in [-0.39, 0.29) is 5.41 Å². The molecule has 0 radical (unpaired) electrons. The first kappa shape index (κ1) is 16.5. The quantitative estimate of drug-likeness (QED) is 0.489. The lowest BCUT2D eigenvalue weighted by molar-refractivity contribution is 0.306. The molecule has 4 rings (SSSR count). The largest absolute Gasteiger partial charge is 0.411 e. The Morgan fingerprint density at radius 2 is 1.46 bits per heavy atom. The second-order valence-corrected chi connectivity index (χ2v) is 7.68. The summed E-state index contributed by atoms with van der Waals surface area (Å²) in [7, 11) is 0. The molecule has 0 spiro atoms. The van der Waals surface area contributed by atoms with E-state index in [1.165, 1.54) is 0 Å². The van der Waals surface area contributed by atoms with Crippen LogP contribution in [-0.4, -0.2) is 15.9 Å². The van der Waals surface area contributed by atoms with E-state index in [0.29, 0.717) is 0 Å². The van der Waals surface area contributed by atoms with E-state index < -0.39 is 0 Å². The summed E-state index contributed by atoms with van der Waals surface area (Å²) in [5, 5.41) is 13.2. The average molecular weight is 342 g/mol. The van der Waals surface area contributed by atoms with Gasteiger partial charge in [-0.3, -0.25) is 4.98 Å². The van der Waals surface area contributed by atoms with Crippen LogP contribution in [0.15, 0.2) is 71.9 Å². The highest BCUT2D eigenvalue weighted by molar-refractivity contribution is 6.04. The molecule has 3 aromatic rings. The first-order valence-corrected chi connectivity index (χ1v) is 8.93. The maximum absolute atomic E-state index is 9.58. The van der Waals surface area contributed by atoms with Crippen LogP contribution < -0.4 is 0 Å². The van der Waals surface area contributed by atoms with E-state index in [1.54, 1.807) is 0 Å². The zero-order chi connectivity index (χ0) is 18.1. The third-order valence-electron chi connectivity index (χ3n) is 4.96. The Bertz CT molecular complexity index is 960. The van der Waals surface area contributed by atoms with Gasteiger partial charge in [-0.2, -0.15) is 0 Å². The summed E-state index contributed by atoms with van der Waals surface area (Å²) in [5.74, 6) is 0. The number of fused-ring (bicyclic) bond motifs is 1. The predicted molar refractivity (Wildman–Crippen MR) is 106 cm³/mol. The summed E-state index contributed by atoms with van der Waals surface area (Å²) in [4.78, 5) is 5.06. The van der Waals surface area contributed by atoms with Crippen molar-refractivity contribution < 1.29 is 5.21 Å². The summed E-state index contributed by atoms with van der Waals surface area (Å²) in [6.07, 6.45) is 1.62. The Kier molecular flexibility index (Phi) is 4.08. The Morgan fingerprint density at radius 3 is 2.08 bits per heavy atom. The summed E-state index contributed by atoms with van der Waals surface area (Å²) >= 11 is 0. The molecule has 0 saturated heterocycles. The minimum absolute atomic E-state index is 0.0315. The van der Waals surface area contributed by atoms with Gasteiger partial charge in [0.05, 0.1) is 17.1 Å². The fraction of sp³-hybridized carbons (Fsp3) is 0.217. The molecule has 0 fully saturated rings. The van der Waals surface area contributed by atoms with Crippen LogP contribution in [0, 0.1) is 5.41 Å². The molecule has 1 aliphatic carbocycles. The van der Waals surface area contributed by atoms with Crippen molar-refractivity contribution in [2.75, 3.05) is 0 Å². The van der Waals surface area contributed by atoms with Gasteiger partial charge in [-0.1, -0.05) is 79.7 Å². The smallest absolute Gasteiger partial charge is 0.0891 e. The number of hydrogen-bond acceptors (Lipinski definition) is 3. The normalized spacial score (nSPS) is 17.1. The lowest BCUT2D eigenvalue weighted by atomic mass is 9.74. The molecule has 3 heteroatoms. The predicted octanol–water partition coefficient (Wildman–Crippen LogP) is 5.57. The van der Waals surface area contributed by atoms with Crippen LogP contribution in [0.25, 0.3) is 22.4 Å². The Morgan fingerprint density at radius 1 is 0.846 bits per heavy atom. The van der Waals surface area contributed by atoms with Gasteiger partial charge >= 0.3 is 0 Å². The van der Waals surface area contributed by atoms with Crippen LogP contribution >= 0.6 is 0 Å². The summed E-state index contributed by atoms with van der Waals surface area (Å²) < 4.78 is 0. The van der Waals surface area contributed by atoms with Gasteiger partial charge in [-0.15, -0.1) is 0 Å². The van der Waals surface area contributed by atoms with Crippen molar-refractivity contribution >= 4 is 5.71 Å². The van der Waals surface area contributed by atoms with Crippen molar-refractivity contribution in [2.24, 2.45) is 10.6 Å². The van der Waals surface area contributed by atoms with Crippen LogP contribution in [0.1, 0.15) is 31.5 Å². The minimum atomic E-state index is 0.0315. The van der Waals surface area contributed by atoms with Crippen molar-refractivity contribution in [2.45, 2.75) is 26.7 Å². The maximum atomic E-state index is 9.58. The van der Waals surface area contributed by atoms with Crippen molar-refractivity contribution in [1.29, 1.82) is 0 Å². The second kappa shape index (κ2) is 6.41. The molecule has 2 aromatic carbocycles. The molecule has 0 saturated carbocycles. The highest BCUT2D eigenvalue weighted by atomic mass is 16.4. The Labute approximate surface area is 154 Å². The van der Waals surface area contributed by atoms with Gasteiger partial charge in [0, 0.05) is 16.7 Å². The average Bonchev–Trinajstić information content (AvgIpc) is 2.67. The van der Waals surface area contributed by atoms with Crippen molar-refractivity contribution in [3.63, 3.8) is 0 Å². The monoisotopic (exact) mass is 342 g/mol. The van der Waals surface area contributed by atoms with E-state index in [2.05, 4.69) is 49.3 Å². The van der Waals surface area contributed by atoms with Gasteiger partial charge < -0.3 is 5.21 Å². The van der Waals surface area contributed by atoms with E-state index in [1.807, 2.05) is 36.4 Å². The molecule has 0 amide bonds. The van der Waals surface area contributed by atoms with Gasteiger partial charge in [0.2, 0.25) is 0 Å². The van der Waals surface area contributed by atoms with E-state index in [0.717, 1.165) is 52.2 Å². The Hall–Kier alpha value is -2.94. The molecule has 26 heavy (non-hydrogen) atoms. The zero-order valence-corrected chi connectivity index (χ0v) is 15.1. The van der Waals surface area contributed by atoms with Crippen LogP contribution in [0.5, 0.6) is 0 Å². The van der Waals surface area contributed by atoms with E-state index in [9.17, 15) is 5.21 Å². The molecule has 130 valence electrons. The number of aromatic nitrogens is 1. The molecule has 1 N–H and O–H groups in total. The topological polar surface area (TPSA) is 45.5 Å². The lowest BCUT2D eigenvalue weighted by Gasteiger charge is -2.31. The number of hydrogen-bond donors (Lipinski definition) is 1. The van der Waals surface area contributed by atoms with Gasteiger partial charge in [-0.05, 0) is 29.9 Å². The summed E-state index contributed by atoms with van der Waals surface area (Å²) in [6.45, 7) is 4.38. The van der Waals surface area contributed by atoms with Gasteiger partial charge in [-0.25, -0.2) is 0 Å². The molecule has 0 bridgehead atoms.